The molecule has 0 aliphatic heterocycles. The smallest absolute Gasteiger partial charge is 0.0741 e. The first-order valence-electron chi connectivity index (χ1n) is 4.77. The molecular formula is C12H13N3. The largest absolute Gasteiger partial charge is 0.396 e. The Kier molecular flexibility index (Phi) is 2.54. The van der Waals surface area contributed by atoms with Crippen LogP contribution in [0.4, 0.5) is 17.1 Å². The molecule has 3 nitrogen and oxygen atoms in total. The lowest BCUT2D eigenvalue weighted by Gasteiger charge is -2.20. The molecule has 1 heterocycles. The highest BCUT2D eigenvalue weighted by atomic mass is 15.1. The summed E-state index contributed by atoms with van der Waals surface area (Å²) in [5.74, 6) is 0. The van der Waals surface area contributed by atoms with Crippen molar-refractivity contribution in [2.75, 3.05) is 17.7 Å². The lowest BCUT2D eigenvalue weighted by molar-refractivity contribution is 1.19. The second-order valence-electron chi connectivity index (χ2n) is 3.33. The fraction of sp³-hybridized carbons (Fsp3) is 0.0833. The Morgan fingerprint density at radius 3 is 2.53 bits per heavy atom. The zero-order chi connectivity index (χ0) is 10.7. The highest BCUT2D eigenvalue weighted by molar-refractivity contribution is 5.73. The molecule has 2 aromatic rings. The van der Waals surface area contributed by atoms with E-state index in [1.807, 2.05) is 48.3 Å². The fourth-order valence-corrected chi connectivity index (χ4v) is 1.50. The highest BCUT2D eigenvalue weighted by Crippen LogP contribution is 2.27. The predicted octanol–water partition coefficient (Wildman–Crippen LogP) is 2.43. The molecule has 2 rings (SSSR count). The SMILES string of the molecule is CN(c1ccccc1)c1ccncc1N. The molecule has 0 amide bonds. The molecule has 0 fully saturated rings. The van der Waals surface area contributed by atoms with Crippen LogP contribution in [0, 0.1) is 0 Å². The lowest BCUT2D eigenvalue weighted by Crippen LogP contribution is -2.11. The van der Waals surface area contributed by atoms with E-state index in [4.69, 9.17) is 5.73 Å². The van der Waals surface area contributed by atoms with Crippen LogP contribution in [0.1, 0.15) is 0 Å². The van der Waals surface area contributed by atoms with E-state index >= 15 is 0 Å². The van der Waals surface area contributed by atoms with E-state index < -0.39 is 0 Å². The van der Waals surface area contributed by atoms with Gasteiger partial charge in [0.2, 0.25) is 0 Å². The molecule has 15 heavy (non-hydrogen) atoms. The van der Waals surface area contributed by atoms with Gasteiger partial charge in [0, 0.05) is 18.9 Å². The molecule has 0 saturated heterocycles. The molecule has 2 N–H and O–H groups in total. The van der Waals surface area contributed by atoms with E-state index in [9.17, 15) is 0 Å². The first kappa shape index (κ1) is 9.52. The molecule has 0 unspecified atom stereocenters. The summed E-state index contributed by atoms with van der Waals surface area (Å²) in [4.78, 5) is 6.01. The van der Waals surface area contributed by atoms with Gasteiger partial charge in [0.15, 0.2) is 0 Å². The van der Waals surface area contributed by atoms with Gasteiger partial charge in [-0.15, -0.1) is 0 Å². The Morgan fingerprint density at radius 1 is 1.13 bits per heavy atom. The fourth-order valence-electron chi connectivity index (χ4n) is 1.50. The zero-order valence-corrected chi connectivity index (χ0v) is 8.59. The molecule has 0 atom stereocenters. The van der Waals surface area contributed by atoms with Crippen LogP contribution in [0.25, 0.3) is 0 Å². The van der Waals surface area contributed by atoms with Gasteiger partial charge in [0.05, 0.1) is 17.6 Å². The van der Waals surface area contributed by atoms with Crippen molar-refractivity contribution in [2.45, 2.75) is 0 Å². The molecule has 0 spiro atoms. The Labute approximate surface area is 89.2 Å². The van der Waals surface area contributed by atoms with Gasteiger partial charge in [-0.25, -0.2) is 0 Å². The summed E-state index contributed by atoms with van der Waals surface area (Å²) in [6.07, 6.45) is 3.40. The molecule has 0 aliphatic rings. The maximum absolute atomic E-state index is 5.85. The number of nitrogen functional groups attached to an aromatic ring is 1. The number of para-hydroxylation sites is 1. The number of nitrogens with zero attached hydrogens (tertiary/aromatic N) is 2. The number of anilines is 3. The van der Waals surface area contributed by atoms with Crippen molar-refractivity contribution in [1.82, 2.24) is 4.98 Å². The highest BCUT2D eigenvalue weighted by Gasteiger charge is 2.05. The quantitative estimate of drug-likeness (QED) is 0.807. The average molecular weight is 199 g/mol. The van der Waals surface area contributed by atoms with E-state index in [1.54, 1.807) is 12.4 Å². The van der Waals surface area contributed by atoms with Gasteiger partial charge in [0.1, 0.15) is 0 Å². The first-order chi connectivity index (χ1) is 7.29. The number of pyridine rings is 1. The van der Waals surface area contributed by atoms with Gasteiger partial charge in [-0.1, -0.05) is 18.2 Å². The van der Waals surface area contributed by atoms with Crippen molar-refractivity contribution in [3.8, 4) is 0 Å². The van der Waals surface area contributed by atoms with Crippen molar-refractivity contribution in [3.05, 3.63) is 48.8 Å². The molecule has 76 valence electrons. The standard InChI is InChI=1S/C12H13N3/c1-15(10-5-3-2-4-6-10)12-7-8-14-9-11(12)13/h2-9H,13H2,1H3. The minimum absolute atomic E-state index is 0.684. The molecule has 3 heteroatoms. The van der Waals surface area contributed by atoms with E-state index in [0.717, 1.165) is 11.4 Å². The summed E-state index contributed by atoms with van der Waals surface area (Å²) in [6, 6.07) is 12.0. The summed E-state index contributed by atoms with van der Waals surface area (Å²) in [7, 11) is 1.99. The second-order valence-corrected chi connectivity index (χ2v) is 3.33. The van der Waals surface area contributed by atoms with Gasteiger partial charge >= 0.3 is 0 Å². The predicted molar refractivity (Wildman–Crippen MR) is 63.2 cm³/mol. The summed E-state index contributed by atoms with van der Waals surface area (Å²) in [6.45, 7) is 0. The lowest BCUT2D eigenvalue weighted by atomic mass is 10.2. The van der Waals surface area contributed by atoms with Crippen LogP contribution in [0.5, 0.6) is 0 Å². The summed E-state index contributed by atoms with van der Waals surface area (Å²) in [5, 5.41) is 0. The third-order valence-electron chi connectivity index (χ3n) is 2.33. The van der Waals surface area contributed by atoms with Crippen LogP contribution in [-0.4, -0.2) is 12.0 Å². The topological polar surface area (TPSA) is 42.2 Å². The number of benzene rings is 1. The first-order valence-corrected chi connectivity index (χ1v) is 4.77. The van der Waals surface area contributed by atoms with E-state index in [-0.39, 0.29) is 0 Å². The Morgan fingerprint density at radius 2 is 1.87 bits per heavy atom. The third-order valence-corrected chi connectivity index (χ3v) is 2.33. The van der Waals surface area contributed by atoms with Crippen LogP contribution in [0.2, 0.25) is 0 Å². The monoisotopic (exact) mass is 199 g/mol. The minimum atomic E-state index is 0.684. The van der Waals surface area contributed by atoms with Crippen LogP contribution < -0.4 is 10.6 Å². The van der Waals surface area contributed by atoms with Crippen LogP contribution in [0.15, 0.2) is 48.8 Å². The maximum Gasteiger partial charge on any atom is 0.0741 e. The summed E-state index contributed by atoms with van der Waals surface area (Å²) >= 11 is 0. The zero-order valence-electron chi connectivity index (χ0n) is 8.59. The van der Waals surface area contributed by atoms with E-state index in [1.165, 1.54) is 0 Å². The molecule has 0 radical (unpaired) electrons. The Hall–Kier alpha value is -2.03. The second kappa shape index (κ2) is 4.00. The third kappa shape index (κ3) is 1.91. The molecular weight excluding hydrogens is 186 g/mol. The van der Waals surface area contributed by atoms with Crippen molar-refractivity contribution in [3.63, 3.8) is 0 Å². The Balaban J connectivity index is 2.37. The van der Waals surface area contributed by atoms with Gasteiger partial charge in [-0.05, 0) is 18.2 Å². The van der Waals surface area contributed by atoms with Crippen molar-refractivity contribution in [2.24, 2.45) is 0 Å². The van der Waals surface area contributed by atoms with Gasteiger partial charge in [-0.3, -0.25) is 4.98 Å². The average Bonchev–Trinajstić information content (AvgIpc) is 2.30. The molecule has 1 aromatic carbocycles. The number of hydrogen-bond acceptors (Lipinski definition) is 3. The molecule has 0 saturated carbocycles. The normalized spacial score (nSPS) is 9.93. The number of nitrogens with two attached hydrogens (primary N) is 1. The summed E-state index contributed by atoms with van der Waals surface area (Å²) in [5.41, 5.74) is 8.61. The van der Waals surface area contributed by atoms with Gasteiger partial charge in [-0.2, -0.15) is 0 Å². The van der Waals surface area contributed by atoms with Crippen LogP contribution in [-0.2, 0) is 0 Å². The number of aromatic nitrogens is 1. The van der Waals surface area contributed by atoms with E-state index in [0.29, 0.717) is 5.69 Å². The van der Waals surface area contributed by atoms with Gasteiger partial charge in [0.25, 0.3) is 0 Å². The minimum Gasteiger partial charge on any atom is -0.396 e. The van der Waals surface area contributed by atoms with Crippen molar-refractivity contribution in [1.29, 1.82) is 0 Å². The van der Waals surface area contributed by atoms with Crippen LogP contribution >= 0.6 is 0 Å². The van der Waals surface area contributed by atoms with E-state index in [2.05, 4.69) is 4.98 Å². The number of rotatable bonds is 2. The molecule has 0 bridgehead atoms. The van der Waals surface area contributed by atoms with Crippen molar-refractivity contribution < 1.29 is 0 Å². The maximum atomic E-state index is 5.85. The number of hydrogen-bond donors (Lipinski definition) is 1. The molecule has 1 aromatic heterocycles. The van der Waals surface area contributed by atoms with Crippen LogP contribution in [0.3, 0.4) is 0 Å². The summed E-state index contributed by atoms with van der Waals surface area (Å²) < 4.78 is 0. The van der Waals surface area contributed by atoms with Crippen molar-refractivity contribution >= 4 is 17.1 Å². The molecule has 0 aliphatic carbocycles. The van der Waals surface area contributed by atoms with Gasteiger partial charge < -0.3 is 10.6 Å². The Bertz CT molecular complexity index is 440.